The first-order valence-corrected chi connectivity index (χ1v) is 47.2. The highest BCUT2D eigenvalue weighted by Crippen LogP contribution is 2.63. The van der Waals surface area contributed by atoms with Crippen LogP contribution in [0.15, 0.2) is 86.5 Å². The third kappa shape index (κ3) is 16.6. The van der Waals surface area contributed by atoms with Gasteiger partial charge in [-0.05, 0) is 173 Å². The van der Waals surface area contributed by atoms with E-state index in [0.717, 1.165) is 134 Å². The quantitative estimate of drug-likeness (QED) is 0.0140. The van der Waals surface area contributed by atoms with Gasteiger partial charge in [0.1, 0.15) is 81.1 Å². The van der Waals surface area contributed by atoms with E-state index in [4.69, 9.17) is 105 Å². The first-order chi connectivity index (χ1) is 65.5. The van der Waals surface area contributed by atoms with Crippen LogP contribution in [0.3, 0.4) is 0 Å². The summed E-state index contributed by atoms with van der Waals surface area (Å²) in [7, 11) is 10.8. The second-order valence-electron chi connectivity index (χ2n) is 36.6. The number of piperazine rings is 3. The molecule has 3 saturated heterocycles. The fourth-order valence-corrected chi connectivity index (χ4v) is 24.2. The van der Waals surface area contributed by atoms with Gasteiger partial charge in [-0.1, -0.05) is 74.4 Å². The number of para-hydroxylation sites is 1. The van der Waals surface area contributed by atoms with Crippen LogP contribution >= 0.6 is 35.4 Å². The standard InChI is InChI=1S/C39H44N6O6S.C32H39N5O6.C29H34N4O5.CH2Cl2/c1-7-13-49-36-21(3)26-19-50-51-37(26)32-25(36)16-28-33-31-23(14-20(2)35(48-6)34(31)46)15-27(44(33)5)29(17-40)45(28)30(32)18-41-38(47)22(4)42-39(52)43-24-11-9-8-10-12-24;1-7-8-41-30-16(3)20-14-42-43-31(20)26-19(30)11-22-27-25-18(9-15(2)29(40-6)28(25)38)10-21(36(27)5)23(12-33)37(22)24(26)13-35-32(39)17(4)34;1-6-7-36-28-15(3)18-13-37-38-29(18)24-17(28)10-20-25-23-16(8-14(2)27(35-5)26(23)34)9-19(32(25)4)21(11-30)33(20)22(24)12-31;2-1-3/h7-12,14,22,27-30,33,46H,1,13,15-16,18-19H2,2-6H3,(H,41,47)(H2,42,43,52);7,9,17,21-24,27,38H,1,8,10-11,13-14,34H2,2-6H3,(H,35,39);6,8,19-22,25,34H,1,7,9-10,12-13,31H2,2-5H3;1H2/t22-,27+,28?,29?,30+,33+;17-,21-,22?,23?,24-,27-;19-,20?,21?,22-,25-;/m100./s1. The number of halogens is 2. The summed E-state index contributed by atoms with van der Waals surface area (Å²) in [6, 6.07) is 17.6. The van der Waals surface area contributed by atoms with Crippen molar-refractivity contribution in [3.63, 3.8) is 0 Å². The molecule has 0 aromatic heterocycles. The Balaban J connectivity index is 0.000000147. The van der Waals surface area contributed by atoms with Gasteiger partial charge in [-0.3, -0.25) is 39.0 Å². The number of carbonyl (C=O) groups is 2. The van der Waals surface area contributed by atoms with Crippen LogP contribution in [-0.4, -0.2) is 215 Å². The van der Waals surface area contributed by atoms with E-state index in [-0.39, 0.29) is 128 Å². The van der Waals surface area contributed by atoms with Crippen molar-refractivity contribution in [1.82, 2.24) is 45.3 Å². The molecule has 11 N–H and O–H groups in total. The van der Waals surface area contributed by atoms with E-state index < -0.39 is 42.3 Å². The van der Waals surface area contributed by atoms with E-state index in [0.29, 0.717) is 110 Å². The van der Waals surface area contributed by atoms with E-state index in [2.05, 4.69) is 114 Å². The normalized spacial score (nSPS) is 24.9. The maximum Gasteiger partial charge on any atom is 0.242 e. The van der Waals surface area contributed by atoms with Gasteiger partial charge in [-0.2, -0.15) is 30.4 Å². The predicted octanol–water partition coefficient (Wildman–Crippen LogP) is 11.9. The smallest absolute Gasteiger partial charge is 0.242 e. The van der Waals surface area contributed by atoms with Crippen molar-refractivity contribution >= 4 is 58.0 Å². The Kier molecular flexibility index (Phi) is 29.0. The molecular formula is C101H119Cl2N15O17S. The Hall–Kier alpha value is -11.4. The minimum Gasteiger partial charge on any atom is -0.504 e. The van der Waals surface area contributed by atoms with Gasteiger partial charge in [-0.25, -0.2) is 0 Å². The summed E-state index contributed by atoms with van der Waals surface area (Å²) in [5, 5.41) is 80.0. The lowest BCUT2D eigenvalue weighted by molar-refractivity contribution is -0.195. The van der Waals surface area contributed by atoms with Crippen LogP contribution in [0.1, 0.15) is 167 Å². The highest BCUT2D eigenvalue weighted by molar-refractivity contribution is 7.80. The molecule has 12 aliphatic heterocycles. The number of nitrogens with zero attached hydrogens (tertiary/aromatic N) is 9. The summed E-state index contributed by atoms with van der Waals surface area (Å²) >= 11 is 15.0. The highest BCUT2D eigenvalue weighted by Gasteiger charge is 2.61. The topological polar surface area (TPSA) is 397 Å². The molecule has 12 aliphatic rings. The van der Waals surface area contributed by atoms with Gasteiger partial charge < -0.3 is 91.1 Å². The number of ether oxygens (including phenoxy) is 6. The number of alkyl halides is 2. The molecule has 6 unspecified atom stereocenters. The minimum atomic E-state index is -0.702. The number of phenolic OH excluding ortho intramolecular Hbond substituents is 3. The lowest BCUT2D eigenvalue weighted by Gasteiger charge is -2.60. The maximum atomic E-state index is 13.8. The largest absolute Gasteiger partial charge is 0.504 e. The third-order valence-electron chi connectivity index (χ3n) is 29.5. The van der Waals surface area contributed by atoms with Gasteiger partial charge in [0, 0.05) is 145 Å². The number of hydrogen-bond acceptors (Lipinski definition) is 29. The number of benzene rings is 7. The van der Waals surface area contributed by atoms with Crippen LogP contribution in [0.2, 0.25) is 0 Å². The van der Waals surface area contributed by atoms with Crippen LogP contribution in [0.5, 0.6) is 69.0 Å². The van der Waals surface area contributed by atoms with E-state index in [1.807, 2.05) is 86.0 Å². The lowest BCUT2D eigenvalue weighted by atomic mass is 9.71. The monoisotopic (exact) mass is 1920 g/mol. The highest BCUT2D eigenvalue weighted by atomic mass is 35.5. The number of nitrogens with two attached hydrogens (primary N) is 2. The number of aryl methyl sites for hydroxylation is 3. The molecule has 720 valence electrons. The lowest BCUT2D eigenvalue weighted by Crippen LogP contribution is -2.69. The zero-order chi connectivity index (χ0) is 97.2. The Morgan fingerprint density at radius 2 is 0.838 bits per heavy atom. The zero-order valence-electron chi connectivity index (χ0n) is 79.0. The molecule has 7 aromatic carbocycles. The van der Waals surface area contributed by atoms with Crippen LogP contribution < -0.4 is 75.8 Å². The number of rotatable bonds is 21. The predicted molar refractivity (Wildman–Crippen MR) is 514 cm³/mol. The second kappa shape index (κ2) is 40.3. The molecule has 35 heteroatoms. The number of thiocarbonyl (C=S) groups is 1. The SMILES string of the molecule is C=CCOc1c(C)c2c(c3c1CC1[C@H]4c5c(cc(C)c(OC)c5O)C[C@@H](C(C#N)N1[C@H]3CN)N4C)OOC2.C=CCOc1c(C)c2c(c3c1CC1[C@H]4c5c(cc(C)c(OC)c5O)C[C@@H](C(C#N)N1[C@H]3CNC(=O)[C@@H](C)NC(=S)Nc1ccccc1)N4C)OOC2.C=CCOc1c(C)c2c(c3c1CC1[C@H]4c5c(cc(C)c(OC)c5O)C[C@@H](C(C#N)N1[C@H]3CNC(=O)[C@H](C)N)N4C)OOC2.ClCCl. The van der Waals surface area contributed by atoms with Crippen molar-refractivity contribution in [3.8, 4) is 87.2 Å². The summed E-state index contributed by atoms with van der Waals surface area (Å²) in [5.74, 6) is 5.37. The molecule has 2 amide bonds. The van der Waals surface area contributed by atoms with Crippen molar-refractivity contribution in [2.24, 2.45) is 11.5 Å². The summed E-state index contributed by atoms with van der Waals surface area (Å²) in [6.07, 6.45) is 8.50. The van der Waals surface area contributed by atoms with Crippen molar-refractivity contribution in [2.45, 2.75) is 216 Å². The molecular weight excluding hydrogens is 1800 g/mol. The Morgan fingerprint density at radius 3 is 1.15 bits per heavy atom. The van der Waals surface area contributed by atoms with E-state index in [1.54, 1.807) is 53.4 Å². The summed E-state index contributed by atoms with van der Waals surface area (Å²) in [4.78, 5) is 73.9. The Bertz CT molecular complexity index is 6030. The molecule has 6 bridgehead atoms. The van der Waals surface area contributed by atoms with Crippen molar-refractivity contribution in [2.75, 3.05) is 92.6 Å². The number of methoxy groups -OCH3 is 3. The Morgan fingerprint density at radius 1 is 0.515 bits per heavy atom. The fourth-order valence-electron chi connectivity index (χ4n) is 23.9. The van der Waals surface area contributed by atoms with Crippen LogP contribution in [0.25, 0.3) is 0 Å². The first-order valence-electron chi connectivity index (χ1n) is 45.8. The molecule has 136 heavy (non-hydrogen) atoms. The van der Waals surface area contributed by atoms with E-state index >= 15 is 0 Å². The number of nitriles is 3. The molecule has 3 fully saturated rings. The molecule has 12 heterocycles. The molecule has 19 rings (SSSR count). The van der Waals surface area contributed by atoms with Gasteiger partial charge >= 0.3 is 0 Å². The van der Waals surface area contributed by atoms with Gasteiger partial charge in [0.15, 0.2) is 56.9 Å². The molecule has 32 nitrogen and oxygen atoms in total. The third-order valence-corrected chi connectivity index (χ3v) is 29.8. The Labute approximate surface area is 808 Å². The zero-order valence-corrected chi connectivity index (χ0v) is 81.3. The molecule has 0 saturated carbocycles. The van der Waals surface area contributed by atoms with E-state index in [9.17, 15) is 40.7 Å². The number of carbonyl (C=O) groups excluding carboxylic acids is 2. The number of aromatic hydroxyl groups is 3. The van der Waals surface area contributed by atoms with Gasteiger partial charge in [0.25, 0.3) is 0 Å². The number of hydrogen-bond donors (Lipinski definition) is 9. The molecule has 0 radical (unpaired) electrons. The number of amides is 2. The van der Waals surface area contributed by atoms with Crippen LogP contribution in [-0.2, 0) is 82.6 Å². The molecule has 0 spiro atoms. The summed E-state index contributed by atoms with van der Waals surface area (Å²) in [5.41, 5.74) is 32.3. The molecule has 17 atom stereocenters. The van der Waals surface area contributed by atoms with Gasteiger partial charge in [-0.15, -0.1) is 23.2 Å². The summed E-state index contributed by atoms with van der Waals surface area (Å²) in [6.45, 7) is 29.2. The van der Waals surface area contributed by atoms with Crippen LogP contribution in [0.4, 0.5) is 5.69 Å². The number of fused-ring (bicyclic) bond motifs is 27. The first kappa shape index (κ1) is 97.7. The molecule has 0 aliphatic carbocycles. The average molecular weight is 1920 g/mol. The number of anilines is 1. The van der Waals surface area contributed by atoms with E-state index in [1.165, 1.54) is 0 Å². The van der Waals surface area contributed by atoms with Crippen LogP contribution in [0, 0.1) is 75.5 Å². The second-order valence-corrected chi connectivity index (χ2v) is 37.8. The van der Waals surface area contributed by atoms with Crippen molar-refractivity contribution < 1.29 is 82.7 Å². The number of likely N-dealkylation sites (N-methyl/N-ethyl adjacent to an activating group) is 3. The van der Waals surface area contributed by atoms with Gasteiger partial charge in [0.05, 0.1) is 87.2 Å². The minimum absolute atomic E-state index is 0.0660. The number of nitrogens with one attached hydrogen (secondary N) is 4. The summed E-state index contributed by atoms with van der Waals surface area (Å²) < 4.78 is 35.9. The average Bonchev–Trinajstić information content (AvgIpc) is 0.828. The maximum absolute atomic E-state index is 13.8. The van der Waals surface area contributed by atoms with Crippen molar-refractivity contribution in [3.05, 3.63) is 203 Å². The van der Waals surface area contributed by atoms with Crippen molar-refractivity contribution in [1.29, 1.82) is 15.8 Å². The number of phenols is 3. The molecule has 7 aromatic rings. The fraction of sp³-hybridized carbons (Fsp3) is 0.465. The van der Waals surface area contributed by atoms with Gasteiger partial charge in [0.2, 0.25) is 11.8 Å².